The lowest BCUT2D eigenvalue weighted by molar-refractivity contribution is 1.20. The molecule has 2 heteroatoms. The number of hydrogen-bond acceptors (Lipinski definition) is 1. The molecule has 0 bridgehead atoms. The third-order valence-corrected chi connectivity index (χ3v) is 11.6. The molecule has 10 aromatic carbocycles. The van der Waals surface area contributed by atoms with Gasteiger partial charge in [0.05, 0.1) is 16.7 Å². The van der Waals surface area contributed by atoms with Crippen molar-refractivity contribution in [2.45, 2.75) is 0 Å². The molecule has 0 fully saturated rings. The summed E-state index contributed by atoms with van der Waals surface area (Å²) < 4.78 is 2.44. The predicted octanol–water partition coefficient (Wildman–Crippen LogP) is 15.6. The lowest BCUT2D eigenvalue weighted by atomic mass is 9.97. The van der Waals surface area contributed by atoms with Crippen LogP contribution in [0, 0.1) is 0 Å². The molecule has 1 aromatic heterocycles. The zero-order chi connectivity index (χ0) is 38.4. The van der Waals surface area contributed by atoms with Crippen molar-refractivity contribution in [3.05, 3.63) is 231 Å². The van der Waals surface area contributed by atoms with Gasteiger partial charge in [0.25, 0.3) is 0 Å². The minimum absolute atomic E-state index is 1.10. The van der Waals surface area contributed by atoms with E-state index in [9.17, 15) is 0 Å². The topological polar surface area (TPSA) is 8.17 Å². The molecule has 0 saturated heterocycles. The van der Waals surface area contributed by atoms with Crippen LogP contribution in [0.15, 0.2) is 231 Å². The zero-order valence-electron chi connectivity index (χ0n) is 31.8. The number of nitrogens with zero attached hydrogens (tertiary/aromatic N) is 2. The number of fused-ring (bicyclic) bond motifs is 5. The Bertz CT molecular complexity index is 3260. The van der Waals surface area contributed by atoms with E-state index >= 15 is 0 Å². The van der Waals surface area contributed by atoms with Gasteiger partial charge >= 0.3 is 0 Å². The molecule has 0 saturated carbocycles. The monoisotopic (exact) mass is 738 g/mol. The van der Waals surface area contributed by atoms with E-state index in [1.165, 1.54) is 82.4 Å². The average molecular weight is 739 g/mol. The molecule has 272 valence electrons. The molecule has 1 heterocycles. The second kappa shape index (κ2) is 14.1. The van der Waals surface area contributed by atoms with Crippen LogP contribution < -0.4 is 4.90 Å². The van der Waals surface area contributed by atoms with Gasteiger partial charge < -0.3 is 9.47 Å². The molecule has 0 aliphatic carbocycles. The first kappa shape index (κ1) is 33.6. The fraction of sp³-hybridized carbons (Fsp3) is 0. The molecular formula is C56H38N2. The Kier molecular flexibility index (Phi) is 8.19. The van der Waals surface area contributed by atoms with Crippen LogP contribution in [0.1, 0.15) is 0 Å². The third-order valence-electron chi connectivity index (χ3n) is 11.6. The van der Waals surface area contributed by atoms with Crippen LogP contribution in [0.4, 0.5) is 17.1 Å². The van der Waals surface area contributed by atoms with Crippen molar-refractivity contribution in [3.8, 4) is 39.1 Å². The summed E-state index contributed by atoms with van der Waals surface area (Å²) in [7, 11) is 0. The van der Waals surface area contributed by atoms with Crippen molar-refractivity contribution in [3.63, 3.8) is 0 Å². The average Bonchev–Trinajstić information content (AvgIpc) is 3.64. The lowest BCUT2D eigenvalue weighted by Gasteiger charge is -2.26. The number of benzene rings is 10. The van der Waals surface area contributed by atoms with Crippen LogP contribution in [0.5, 0.6) is 0 Å². The number of hydrogen-bond donors (Lipinski definition) is 0. The Morgan fingerprint density at radius 1 is 0.293 bits per heavy atom. The van der Waals surface area contributed by atoms with Gasteiger partial charge in [-0.2, -0.15) is 0 Å². The van der Waals surface area contributed by atoms with Gasteiger partial charge in [0.2, 0.25) is 0 Å². The van der Waals surface area contributed by atoms with Crippen molar-refractivity contribution in [2.24, 2.45) is 0 Å². The van der Waals surface area contributed by atoms with E-state index in [0.717, 1.165) is 17.1 Å². The van der Waals surface area contributed by atoms with Gasteiger partial charge in [-0.25, -0.2) is 0 Å². The molecular weight excluding hydrogens is 701 g/mol. The Morgan fingerprint density at radius 3 is 1.59 bits per heavy atom. The minimum atomic E-state index is 1.10. The summed E-state index contributed by atoms with van der Waals surface area (Å²) in [6.45, 7) is 0. The first-order valence-corrected chi connectivity index (χ1v) is 19.9. The van der Waals surface area contributed by atoms with E-state index in [4.69, 9.17) is 0 Å². The van der Waals surface area contributed by atoms with Crippen LogP contribution in [0.3, 0.4) is 0 Å². The molecule has 0 unspecified atom stereocenters. The molecule has 0 aliphatic heterocycles. The Morgan fingerprint density at radius 2 is 0.810 bits per heavy atom. The fourth-order valence-electron chi connectivity index (χ4n) is 8.88. The number of aromatic nitrogens is 1. The van der Waals surface area contributed by atoms with E-state index in [1.54, 1.807) is 0 Å². The molecule has 11 aromatic rings. The zero-order valence-corrected chi connectivity index (χ0v) is 31.8. The SMILES string of the molecule is c1ccc(-c2ccc(N(c3ccc(-c4cccc5ccccc45)cc3)c3cccc(-c4cccc5c4c4ccccc4n5-c4cccc5ccccc45)c3)cc2)cc1. The third kappa shape index (κ3) is 5.74. The van der Waals surface area contributed by atoms with Crippen molar-refractivity contribution >= 4 is 60.4 Å². The van der Waals surface area contributed by atoms with E-state index in [1.807, 2.05) is 0 Å². The highest BCUT2D eigenvalue weighted by Gasteiger charge is 2.19. The Hall–Kier alpha value is -7.68. The summed E-state index contributed by atoms with van der Waals surface area (Å²) in [5.74, 6) is 0. The number of anilines is 3. The van der Waals surface area contributed by atoms with Crippen LogP contribution in [0.25, 0.3) is 82.4 Å². The first-order chi connectivity index (χ1) is 28.8. The highest BCUT2D eigenvalue weighted by Crippen LogP contribution is 2.43. The summed E-state index contributed by atoms with van der Waals surface area (Å²) in [4.78, 5) is 2.38. The second-order valence-corrected chi connectivity index (χ2v) is 14.9. The molecule has 0 amide bonds. The lowest BCUT2D eigenvalue weighted by Crippen LogP contribution is -2.10. The normalized spacial score (nSPS) is 11.4. The summed E-state index contributed by atoms with van der Waals surface area (Å²) in [6.07, 6.45) is 0. The summed E-state index contributed by atoms with van der Waals surface area (Å²) in [5, 5.41) is 7.47. The maximum absolute atomic E-state index is 2.44. The minimum Gasteiger partial charge on any atom is -0.310 e. The predicted molar refractivity (Wildman–Crippen MR) is 247 cm³/mol. The summed E-state index contributed by atoms with van der Waals surface area (Å²) in [6, 6.07) is 83.6. The van der Waals surface area contributed by atoms with Crippen molar-refractivity contribution in [1.82, 2.24) is 4.57 Å². The van der Waals surface area contributed by atoms with Crippen LogP contribution in [0.2, 0.25) is 0 Å². The largest absolute Gasteiger partial charge is 0.310 e. The number of para-hydroxylation sites is 1. The van der Waals surface area contributed by atoms with Crippen LogP contribution >= 0.6 is 0 Å². The van der Waals surface area contributed by atoms with Gasteiger partial charge in [0, 0.05) is 33.2 Å². The summed E-state index contributed by atoms with van der Waals surface area (Å²) >= 11 is 0. The van der Waals surface area contributed by atoms with Gasteiger partial charge in [-0.3, -0.25) is 0 Å². The maximum Gasteiger partial charge on any atom is 0.0547 e. The molecule has 58 heavy (non-hydrogen) atoms. The van der Waals surface area contributed by atoms with E-state index in [0.29, 0.717) is 0 Å². The highest BCUT2D eigenvalue weighted by molar-refractivity contribution is 6.16. The van der Waals surface area contributed by atoms with Crippen LogP contribution in [-0.2, 0) is 0 Å². The number of rotatable bonds is 7. The summed E-state index contributed by atoms with van der Waals surface area (Å²) in [5.41, 5.74) is 14.1. The van der Waals surface area contributed by atoms with Gasteiger partial charge in [-0.1, -0.05) is 176 Å². The molecule has 0 radical (unpaired) electrons. The van der Waals surface area contributed by atoms with Gasteiger partial charge in [0.15, 0.2) is 0 Å². The highest BCUT2D eigenvalue weighted by atomic mass is 15.1. The van der Waals surface area contributed by atoms with Gasteiger partial charge in [-0.05, 0) is 104 Å². The van der Waals surface area contributed by atoms with Crippen LogP contribution in [-0.4, -0.2) is 4.57 Å². The van der Waals surface area contributed by atoms with Gasteiger partial charge in [0.1, 0.15) is 0 Å². The fourth-order valence-corrected chi connectivity index (χ4v) is 8.88. The van der Waals surface area contributed by atoms with E-state index < -0.39 is 0 Å². The second-order valence-electron chi connectivity index (χ2n) is 14.9. The molecule has 0 atom stereocenters. The Balaban J connectivity index is 1.07. The van der Waals surface area contributed by atoms with Crippen molar-refractivity contribution in [2.75, 3.05) is 4.90 Å². The molecule has 0 aliphatic rings. The van der Waals surface area contributed by atoms with Crippen molar-refractivity contribution in [1.29, 1.82) is 0 Å². The van der Waals surface area contributed by atoms with E-state index in [-0.39, 0.29) is 0 Å². The molecule has 0 N–H and O–H groups in total. The Labute approximate surface area is 338 Å². The van der Waals surface area contributed by atoms with E-state index in [2.05, 4.69) is 240 Å². The molecule has 2 nitrogen and oxygen atoms in total. The maximum atomic E-state index is 2.44. The smallest absolute Gasteiger partial charge is 0.0547 e. The standard InChI is InChI=1S/C56H38N2/c1-2-14-39(15-3-1)40-30-34-45(35-31-40)57(46-36-32-43(33-37-46)49-25-11-18-41-16-4-6-22-48(41)49)47-21-10-20-44(38-47)51-26-13-29-55-56(51)52-24-8-9-27-54(52)58(55)53-28-12-19-42-17-5-7-23-50(42)53/h1-38H. The molecule has 0 spiro atoms. The first-order valence-electron chi connectivity index (χ1n) is 19.9. The quantitative estimate of drug-likeness (QED) is 0.158. The van der Waals surface area contributed by atoms with Gasteiger partial charge in [-0.15, -0.1) is 0 Å². The molecule has 11 rings (SSSR count). The van der Waals surface area contributed by atoms with Crippen molar-refractivity contribution < 1.29 is 0 Å².